The number of nitrogens with one attached hydrogen (secondary N) is 1. The van der Waals surface area contributed by atoms with E-state index in [2.05, 4.69) is 5.32 Å². The Labute approximate surface area is 111 Å². The van der Waals surface area contributed by atoms with Crippen LogP contribution in [-0.4, -0.2) is 19.2 Å². The van der Waals surface area contributed by atoms with E-state index >= 15 is 0 Å². The van der Waals surface area contributed by atoms with Crippen LogP contribution >= 0.6 is 0 Å². The molecule has 0 bridgehead atoms. The molecule has 18 heavy (non-hydrogen) atoms. The highest BCUT2D eigenvalue weighted by Gasteiger charge is 2.11. The zero-order valence-electron chi connectivity index (χ0n) is 11.2. The molecule has 2 rings (SSSR count). The van der Waals surface area contributed by atoms with Crippen molar-refractivity contribution in [2.45, 2.75) is 51.0 Å². The maximum atomic E-state index is 5.67. The molecular formula is C16H25NO. The second-order valence-electron chi connectivity index (χ2n) is 5.16. The van der Waals surface area contributed by atoms with Gasteiger partial charge in [0.1, 0.15) is 5.75 Å². The van der Waals surface area contributed by atoms with Gasteiger partial charge in [-0.25, -0.2) is 0 Å². The first-order valence-corrected chi connectivity index (χ1v) is 7.36. The van der Waals surface area contributed by atoms with Gasteiger partial charge >= 0.3 is 0 Å². The number of para-hydroxylation sites is 1. The van der Waals surface area contributed by atoms with Crippen LogP contribution in [0.15, 0.2) is 30.3 Å². The zero-order valence-corrected chi connectivity index (χ0v) is 11.2. The van der Waals surface area contributed by atoms with Crippen molar-refractivity contribution in [1.82, 2.24) is 5.32 Å². The molecule has 0 atom stereocenters. The van der Waals surface area contributed by atoms with E-state index in [9.17, 15) is 0 Å². The van der Waals surface area contributed by atoms with E-state index in [0.717, 1.165) is 31.4 Å². The molecule has 2 heteroatoms. The van der Waals surface area contributed by atoms with Crippen molar-refractivity contribution < 1.29 is 4.74 Å². The van der Waals surface area contributed by atoms with Crippen molar-refractivity contribution in [3.05, 3.63) is 30.3 Å². The van der Waals surface area contributed by atoms with Crippen LogP contribution in [-0.2, 0) is 0 Å². The Bertz CT molecular complexity index is 306. The molecule has 0 unspecified atom stereocenters. The smallest absolute Gasteiger partial charge is 0.119 e. The number of unbranched alkanes of at least 4 members (excludes halogenated alkanes) is 1. The SMILES string of the molecule is c1ccc(OCCCCNC2CCCCC2)cc1. The number of benzene rings is 1. The fourth-order valence-electron chi connectivity index (χ4n) is 2.55. The van der Waals surface area contributed by atoms with Crippen molar-refractivity contribution in [3.8, 4) is 5.75 Å². The number of hydrogen-bond acceptors (Lipinski definition) is 2. The van der Waals surface area contributed by atoms with Gasteiger partial charge in [0, 0.05) is 6.04 Å². The molecule has 0 heterocycles. The lowest BCUT2D eigenvalue weighted by molar-refractivity contribution is 0.301. The molecule has 1 aliphatic carbocycles. The molecule has 0 amide bonds. The Morgan fingerprint density at radius 3 is 2.56 bits per heavy atom. The lowest BCUT2D eigenvalue weighted by atomic mass is 9.95. The molecule has 0 spiro atoms. The molecule has 1 N–H and O–H groups in total. The topological polar surface area (TPSA) is 21.3 Å². The summed E-state index contributed by atoms with van der Waals surface area (Å²) in [6.45, 7) is 1.97. The van der Waals surface area contributed by atoms with Gasteiger partial charge in [-0.3, -0.25) is 0 Å². The molecule has 0 radical (unpaired) electrons. The van der Waals surface area contributed by atoms with Crippen molar-refractivity contribution in [1.29, 1.82) is 0 Å². The third-order valence-corrected chi connectivity index (χ3v) is 3.62. The molecule has 1 aromatic rings. The number of rotatable bonds is 7. The van der Waals surface area contributed by atoms with Gasteiger partial charge in [-0.05, 0) is 44.4 Å². The van der Waals surface area contributed by atoms with Crippen LogP contribution in [0.1, 0.15) is 44.9 Å². The summed E-state index contributed by atoms with van der Waals surface area (Å²) in [6, 6.07) is 10.9. The van der Waals surface area contributed by atoms with Gasteiger partial charge < -0.3 is 10.1 Å². The third kappa shape index (κ3) is 5.09. The predicted octanol–water partition coefficient (Wildman–Crippen LogP) is 3.77. The summed E-state index contributed by atoms with van der Waals surface area (Å²) in [5, 5.41) is 3.66. The quantitative estimate of drug-likeness (QED) is 0.741. The lowest BCUT2D eigenvalue weighted by Crippen LogP contribution is -2.31. The fraction of sp³-hybridized carbons (Fsp3) is 0.625. The van der Waals surface area contributed by atoms with Gasteiger partial charge in [-0.15, -0.1) is 0 Å². The summed E-state index contributed by atoms with van der Waals surface area (Å²) in [6.07, 6.45) is 9.35. The van der Waals surface area contributed by atoms with Gasteiger partial charge in [0.05, 0.1) is 6.61 Å². The standard InChI is InChI=1S/C16H25NO/c1-3-9-15(10-4-1)17-13-7-8-14-18-16-11-5-2-6-12-16/h2,5-6,11-12,15,17H,1,3-4,7-10,13-14H2. The summed E-state index contributed by atoms with van der Waals surface area (Å²) in [4.78, 5) is 0. The third-order valence-electron chi connectivity index (χ3n) is 3.62. The maximum Gasteiger partial charge on any atom is 0.119 e. The van der Waals surface area contributed by atoms with Gasteiger partial charge in [0.25, 0.3) is 0 Å². The Kier molecular flexibility index (Phi) is 6.07. The summed E-state index contributed by atoms with van der Waals surface area (Å²) in [7, 11) is 0. The predicted molar refractivity (Wildman–Crippen MR) is 76.0 cm³/mol. The average molecular weight is 247 g/mol. The van der Waals surface area contributed by atoms with Crippen molar-refractivity contribution in [3.63, 3.8) is 0 Å². The first-order valence-electron chi connectivity index (χ1n) is 7.36. The second-order valence-corrected chi connectivity index (χ2v) is 5.16. The second kappa shape index (κ2) is 8.15. The number of hydrogen-bond donors (Lipinski definition) is 1. The Balaban J connectivity index is 1.46. The Morgan fingerprint density at radius 2 is 1.78 bits per heavy atom. The highest BCUT2D eigenvalue weighted by molar-refractivity contribution is 5.20. The normalized spacial score (nSPS) is 16.7. The van der Waals surface area contributed by atoms with Gasteiger partial charge in [-0.2, -0.15) is 0 Å². The van der Waals surface area contributed by atoms with E-state index in [0.29, 0.717) is 0 Å². The van der Waals surface area contributed by atoms with Crippen LogP contribution in [0.25, 0.3) is 0 Å². The summed E-state index contributed by atoms with van der Waals surface area (Å²) in [5.41, 5.74) is 0. The summed E-state index contributed by atoms with van der Waals surface area (Å²) >= 11 is 0. The number of ether oxygens (including phenoxy) is 1. The molecule has 1 aliphatic rings. The molecule has 1 fully saturated rings. The molecule has 0 aromatic heterocycles. The van der Waals surface area contributed by atoms with E-state index in [-0.39, 0.29) is 0 Å². The van der Waals surface area contributed by atoms with Crippen molar-refractivity contribution >= 4 is 0 Å². The van der Waals surface area contributed by atoms with Crippen LogP contribution in [0, 0.1) is 0 Å². The van der Waals surface area contributed by atoms with Crippen LogP contribution in [0.5, 0.6) is 5.75 Å². The molecule has 1 saturated carbocycles. The lowest BCUT2D eigenvalue weighted by Gasteiger charge is -2.22. The zero-order chi connectivity index (χ0) is 12.5. The van der Waals surface area contributed by atoms with Crippen LogP contribution in [0.4, 0.5) is 0 Å². The van der Waals surface area contributed by atoms with Gasteiger partial charge in [0.15, 0.2) is 0 Å². The van der Waals surface area contributed by atoms with E-state index in [1.54, 1.807) is 0 Å². The summed E-state index contributed by atoms with van der Waals surface area (Å²) < 4.78 is 5.67. The Hall–Kier alpha value is -1.02. The summed E-state index contributed by atoms with van der Waals surface area (Å²) in [5.74, 6) is 0.984. The van der Waals surface area contributed by atoms with Crippen molar-refractivity contribution in [2.24, 2.45) is 0 Å². The molecule has 100 valence electrons. The fourth-order valence-corrected chi connectivity index (χ4v) is 2.55. The van der Waals surface area contributed by atoms with E-state index in [1.807, 2.05) is 30.3 Å². The monoisotopic (exact) mass is 247 g/mol. The van der Waals surface area contributed by atoms with Crippen molar-refractivity contribution in [2.75, 3.05) is 13.2 Å². The highest BCUT2D eigenvalue weighted by atomic mass is 16.5. The average Bonchev–Trinajstić information content (AvgIpc) is 2.45. The first kappa shape index (κ1) is 13.4. The molecular weight excluding hydrogens is 222 g/mol. The van der Waals surface area contributed by atoms with Gasteiger partial charge in [-0.1, -0.05) is 37.5 Å². The van der Waals surface area contributed by atoms with Gasteiger partial charge in [0.2, 0.25) is 0 Å². The molecule has 0 aliphatic heterocycles. The molecule has 1 aromatic carbocycles. The largest absolute Gasteiger partial charge is 0.494 e. The first-order chi connectivity index (χ1) is 8.95. The van der Waals surface area contributed by atoms with Crippen LogP contribution in [0.2, 0.25) is 0 Å². The Morgan fingerprint density at radius 1 is 1.00 bits per heavy atom. The minimum Gasteiger partial charge on any atom is -0.494 e. The maximum absolute atomic E-state index is 5.67. The minimum atomic E-state index is 0.786. The van der Waals surface area contributed by atoms with Crippen LogP contribution < -0.4 is 10.1 Å². The van der Waals surface area contributed by atoms with Crippen LogP contribution in [0.3, 0.4) is 0 Å². The highest BCUT2D eigenvalue weighted by Crippen LogP contribution is 2.17. The van der Waals surface area contributed by atoms with E-state index in [4.69, 9.17) is 4.74 Å². The minimum absolute atomic E-state index is 0.786. The van der Waals surface area contributed by atoms with E-state index in [1.165, 1.54) is 38.5 Å². The molecule has 2 nitrogen and oxygen atoms in total. The van der Waals surface area contributed by atoms with E-state index < -0.39 is 0 Å². The molecule has 0 saturated heterocycles.